The predicted octanol–water partition coefficient (Wildman–Crippen LogP) is 1.12. The van der Waals surface area contributed by atoms with E-state index >= 15 is 0 Å². The van der Waals surface area contributed by atoms with E-state index in [1.165, 1.54) is 17.3 Å². The van der Waals surface area contributed by atoms with Gasteiger partial charge in [0.1, 0.15) is 11.6 Å². The first-order valence-corrected chi connectivity index (χ1v) is 7.89. The van der Waals surface area contributed by atoms with E-state index in [0.29, 0.717) is 18.9 Å². The van der Waals surface area contributed by atoms with Gasteiger partial charge in [0.15, 0.2) is 0 Å². The van der Waals surface area contributed by atoms with Crippen LogP contribution in [0.4, 0.5) is 10.1 Å². The molecule has 1 aromatic heterocycles. The molecule has 0 saturated heterocycles. The van der Waals surface area contributed by atoms with Gasteiger partial charge in [0.05, 0.1) is 11.4 Å². The van der Waals surface area contributed by atoms with Crippen LogP contribution in [0.1, 0.15) is 11.4 Å². The van der Waals surface area contributed by atoms with E-state index in [1.54, 1.807) is 6.20 Å². The van der Waals surface area contributed by atoms with Crippen molar-refractivity contribution < 1.29 is 12.8 Å². The average molecular weight is 310 g/mol. The third-order valence-electron chi connectivity index (χ3n) is 3.65. The van der Waals surface area contributed by atoms with Crippen LogP contribution >= 0.6 is 0 Å². The van der Waals surface area contributed by atoms with Crippen LogP contribution in [0, 0.1) is 12.7 Å². The Hall–Kier alpha value is -1.93. The maximum absolute atomic E-state index is 13.7. The third-order valence-corrected chi connectivity index (χ3v) is 5.62. The zero-order valence-corrected chi connectivity index (χ0v) is 12.3. The molecular weight excluding hydrogens is 295 g/mol. The number of benzene rings is 1. The molecular formula is C13H15FN4O2S. The number of sulfonamides is 1. The van der Waals surface area contributed by atoms with E-state index < -0.39 is 15.8 Å². The third kappa shape index (κ3) is 2.30. The van der Waals surface area contributed by atoms with Gasteiger partial charge in [0.25, 0.3) is 0 Å². The minimum absolute atomic E-state index is 0.0816. The summed E-state index contributed by atoms with van der Waals surface area (Å²) in [5.74, 6) is 0.0546. The Morgan fingerprint density at radius 2 is 2.10 bits per heavy atom. The van der Waals surface area contributed by atoms with Crippen LogP contribution in [0.15, 0.2) is 29.4 Å². The largest absolute Gasteiger partial charge is 0.399 e. The molecule has 1 aromatic carbocycles. The van der Waals surface area contributed by atoms with Gasteiger partial charge in [-0.05, 0) is 19.1 Å². The van der Waals surface area contributed by atoms with Gasteiger partial charge < -0.3 is 10.3 Å². The summed E-state index contributed by atoms with van der Waals surface area (Å²) in [5.41, 5.74) is 5.75. The molecule has 0 atom stereocenters. The van der Waals surface area contributed by atoms with Gasteiger partial charge in [-0.1, -0.05) is 0 Å². The highest BCUT2D eigenvalue weighted by atomic mass is 32.2. The second-order valence-electron chi connectivity index (χ2n) is 5.00. The van der Waals surface area contributed by atoms with Crippen molar-refractivity contribution in [2.75, 3.05) is 12.3 Å². The highest BCUT2D eigenvalue weighted by molar-refractivity contribution is 7.89. The van der Waals surface area contributed by atoms with E-state index in [1.807, 2.05) is 10.8 Å². The van der Waals surface area contributed by atoms with E-state index in [-0.39, 0.29) is 22.7 Å². The molecule has 2 aromatic rings. The monoisotopic (exact) mass is 310 g/mol. The molecule has 8 heteroatoms. The first-order valence-electron chi connectivity index (χ1n) is 6.45. The van der Waals surface area contributed by atoms with Crippen molar-refractivity contribution in [2.24, 2.45) is 0 Å². The summed E-state index contributed by atoms with van der Waals surface area (Å²) in [4.78, 5) is 4.05. The van der Waals surface area contributed by atoms with Crippen molar-refractivity contribution in [3.05, 3.63) is 41.7 Å². The number of imidazole rings is 1. The summed E-state index contributed by atoms with van der Waals surface area (Å²) in [6.45, 7) is 2.46. The lowest BCUT2D eigenvalue weighted by Gasteiger charge is -2.27. The lowest BCUT2D eigenvalue weighted by molar-refractivity contribution is 0.335. The molecule has 2 heterocycles. The number of fused-ring (bicyclic) bond motifs is 1. The van der Waals surface area contributed by atoms with E-state index in [9.17, 15) is 12.8 Å². The molecule has 0 radical (unpaired) electrons. The van der Waals surface area contributed by atoms with Crippen molar-refractivity contribution in [1.29, 1.82) is 0 Å². The quantitative estimate of drug-likeness (QED) is 0.843. The molecule has 0 aliphatic carbocycles. The molecule has 6 nitrogen and oxygen atoms in total. The standard InChI is InChI=1S/C13H15FN4O2S/c1-9-11(14)6-10(15)7-12(9)21(19,20)18-5-4-17-3-2-16-13(17)8-18/h2-3,6-7H,4-5,8,15H2,1H3. The molecule has 112 valence electrons. The maximum atomic E-state index is 13.7. The number of nitrogen functional groups attached to an aromatic ring is 1. The molecule has 0 unspecified atom stereocenters. The summed E-state index contributed by atoms with van der Waals surface area (Å²) in [5, 5.41) is 0. The average Bonchev–Trinajstić information content (AvgIpc) is 2.89. The molecule has 1 aliphatic heterocycles. The number of halogens is 1. The number of nitrogens with zero attached hydrogens (tertiary/aromatic N) is 3. The van der Waals surface area contributed by atoms with E-state index in [2.05, 4.69) is 4.98 Å². The first kappa shape index (κ1) is 14.0. The maximum Gasteiger partial charge on any atom is 0.243 e. The zero-order valence-electron chi connectivity index (χ0n) is 11.5. The molecule has 0 bridgehead atoms. The summed E-state index contributed by atoms with van der Waals surface area (Å²) in [6.07, 6.45) is 3.45. The Balaban J connectivity index is 2.03. The Bertz CT molecular complexity index is 800. The smallest absolute Gasteiger partial charge is 0.243 e. The molecule has 3 rings (SSSR count). The minimum atomic E-state index is -3.80. The molecule has 1 aliphatic rings. The topological polar surface area (TPSA) is 81.2 Å². The van der Waals surface area contributed by atoms with Gasteiger partial charge in [0.2, 0.25) is 10.0 Å². The number of nitrogens with two attached hydrogens (primary N) is 1. The Labute approximate surface area is 122 Å². The molecule has 0 amide bonds. The van der Waals surface area contributed by atoms with Gasteiger partial charge in [-0.25, -0.2) is 17.8 Å². The fraction of sp³-hybridized carbons (Fsp3) is 0.308. The van der Waals surface area contributed by atoms with Gasteiger partial charge in [-0.15, -0.1) is 0 Å². The molecule has 0 fully saturated rings. The minimum Gasteiger partial charge on any atom is -0.399 e. The predicted molar refractivity (Wildman–Crippen MR) is 75.4 cm³/mol. The zero-order chi connectivity index (χ0) is 15.2. The highest BCUT2D eigenvalue weighted by Gasteiger charge is 2.31. The van der Waals surface area contributed by atoms with Gasteiger partial charge >= 0.3 is 0 Å². The SMILES string of the molecule is Cc1c(F)cc(N)cc1S(=O)(=O)N1CCn2ccnc2C1. The van der Waals surface area contributed by atoms with Crippen LogP contribution in [-0.4, -0.2) is 28.8 Å². The highest BCUT2D eigenvalue weighted by Crippen LogP contribution is 2.27. The van der Waals surface area contributed by atoms with Gasteiger partial charge in [-0.2, -0.15) is 4.31 Å². The lowest BCUT2D eigenvalue weighted by Crippen LogP contribution is -2.38. The Kier molecular flexibility index (Phi) is 3.22. The Morgan fingerprint density at radius 3 is 2.86 bits per heavy atom. The van der Waals surface area contributed by atoms with E-state index in [0.717, 1.165) is 6.07 Å². The number of hydrogen-bond donors (Lipinski definition) is 1. The molecule has 0 spiro atoms. The Morgan fingerprint density at radius 1 is 1.33 bits per heavy atom. The number of rotatable bonds is 2. The van der Waals surface area contributed by atoms with Crippen LogP contribution in [0.25, 0.3) is 0 Å². The van der Waals surface area contributed by atoms with E-state index in [4.69, 9.17) is 5.73 Å². The van der Waals surface area contributed by atoms with Crippen molar-refractivity contribution >= 4 is 15.7 Å². The van der Waals surface area contributed by atoms with Crippen molar-refractivity contribution in [3.8, 4) is 0 Å². The van der Waals surface area contributed by atoms with Gasteiger partial charge in [-0.3, -0.25) is 0 Å². The number of aromatic nitrogens is 2. The summed E-state index contributed by atoms with van der Waals surface area (Å²) in [6, 6.07) is 2.42. The number of hydrogen-bond acceptors (Lipinski definition) is 4. The van der Waals surface area contributed by atoms with Crippen molar-refractivity contribution in [1.82, 2.24) is 13.9 Å². The van der Waals surface area contributed by atoms with Crippen LogP contribution in [0.2, 0.25) is 0 Å². The molecule has 0 saturated carbocycles. The lowest BCUT2D eigenvalue weighted by atomic mass is 10.2. The molecule has 21 heavy (non-hydrogen) atoms. The summed E-state index contributed by atoms with van der Waals surface area (Å²) in [7, 11) is -3.80. The van der Waals surface area contributed by atoms with Crippen LogP contribution in [-0.2, 0) is 23.1 Å². The second kappa shape index (κ2) is 4.81. The first-order chi connectivity index (χ1) is 9.89. The van der Waals surface area contributed by atoms with Gasteiger partial charge in [0, 0.05) is 36.7 Å². The van der Waals surface area contributed by atoms with Crippen molar-refractivity contribution in [2.45, 2.75) is 24.9 Å². The summed E-state index contributed by atoms with van der Waals surface area (Å²) >= 11 is 0. The van der Waals surface area contributed by atoms with Crippen LogP contribution in [0.3, 0.4) is 0 Å². The van der Waals surface area contributed by atoms with Crippen LogP contribution in [0.5, 0.6) is 0 Å². The molecule has 2 N–H and O–H groups in total. The fourth-order valence-corrected chi connectivity index (χ4v) is 4.09. The normalized spacial score (nSPS) is 15.9. The fourth-order valence-electron chi connectivity index (χ4n) is 2.44. The second-order valence-corrected chi connectivity index (χ2v) is 6.91. The van der Waals surface area contributed by atoms with Crippen LogP contribution < -0.4 is 5.73 Å². The summed E-state index contributed by atoms with van der Waals surface area (Å²) < 4.78 is 42.4. The van der Waals surface area contributed by atoms with Crippen molar-refractivity contribution in [3.63, 3.8) is 0 Å². The number of anilines is 1.